The Labute approximate surface area is 126 Å². The second-order valence-electron chi connectivity index (χ2n) is 3.81. The minimum atomic E-state index is -2.86. The second kappa shape index (κ2) is 6.12. The summed E-state index contributed by atoms with van der Waals surface area (Å²) in [6.07, 6.45) is -2.86. The predicted molar refractivity (Wildman–Crippen MR) is 77.3 cm³/mol. The van der Waals surface area contributed by atoms with Crippen molar-refractivity contribution in [1.29, 1.82) is 0 Å². The number of nitro groups is 1. The molecule has 2 aromatic rings. The lowest BCUT2D eigenvalue weighted by atomic mass is 10.2. The van der Waals surface area contributed by atoms with E-state index >= 15 is 0 Å². The zero-order chi connectivity index (χ0) is 14.7. The lowest BCUT2D eigenvalue weighted by molar-refractivity contribution is -0.385. The molecule has 20 heavy (non-hydrogen) atoms. The molecule has 0 unspecified atom stereocenters. The van der Waals surface area contributed by atoms with Crippen LogP contribution in [0.4, 0.5) is 14.5 Å². The van der Waals surface area contributed by atoms with Crippen LogP contribution in [-0.2, 0) is 0 Å². The van der Waals surface area contributed by atoms with Gasteiger partial charge in [0.05, 0.1) is 14.1 Å². The van der Waals surface area contributed by atoms with Gasteiger partial charge in [0, 0.05) is 12.1 Å². The van der Waals surface area contributed by atoms with Crippen LogP contribution in [0.2, 0.25) is 0 Å². The molecule has 4 nitrogen and oxygen atoms in total. The average molecular weight is 391 g/mol. The zero-order valence-electron chi connectivity index (χ0n) is 9.92. The first-order valence-corrected chi connectivity index (χ1v) is 6.56. The summed E-state index contributed by atoms with van der Waals surface area (Å²) in [6, 6.07) is 10.1. The average Bonchev–Trinajstić information content (AvgIpc) is 2.41. The Bertz CT molecular complexity index is 649. The molecule has 0 heterocycles. The summed E-state index contributed by atoms with van der Waals surface area (Å²) in [6.45, 7) is 0. The van der Waals surface area contributed by atoms with Crippen molar-refractivity contribution >= 4 is 28.3 Å². The first-order valence-electron chi connectivity index (χ1n) is 5.48. The third-order valence-electron chi connectivity index (χ3n) is 2.50. The molecule has 0 bridgehead atoms. The molecular formula is C13H8F2INO3. The number of halogens is 3. The van der Waals surface area contributed by atoms with Gasteiger partial charge in [-0.3, -0.25) is 10.1 Å². The van der Waals surface area contributed by atoms with Crippen LogP contribution >= 0.6 is 22.6 Å². The molecule has 0 aliphatic heterocycles. The zero-order valence-corrected chi connectivity index (χ0v) is 12.1. The highest BCUT2D eigenvalue weighted by Gasteiger charge is 2.19. The van der Waals surface area contributed by atoms with Crippen LogP contribution in [0.25, 0.3) is 0 Å². The van der Waals surface area contributed by atoms with Crippen molar-refractivity contribution in [2.24, 2.45) is 0 Å². The van der Waals surface area contributed by atoms with Crippen molar-refractivity contribution in [1.82, 2.24) is 0 Å². The molecule has 2 rings (SSSR count). The highest BCUT2D eigenvalue weighted by Crippen LogP contribution is 2.36. The third kappa shape index (κ3) is 3.21. The fraction of sp³-hybridized carbons (Fsp3) is 0.0769. The van der Waals surface area contributed by atoms with E-state index in [4.69, 9.17) is 4.74 Å². The molecule has 2 aromatic carbocycles. The summed E-state index contributed by atoms with van der Waals surface area (Å²) >= 11 is 2.01. The number of para-hydroxylation sites is 1. The molecule has 0 saturated carbocycles. The summed E-state index contributed by atoms with van der Waals surface area (Å²) in [5.41, 5.74) is -0.894. The van der Waals surface area contributed by atoms with Crippen molar-refractivity contribution in [3.8, 4) is 11.5 Å². The van der Waals surface area contributed by atoms with Gasteiger partial charge in [-0.05, 0) is 40.8 Å². The SMILES string of the molecule is O=[N+]([O-])c1ccc(Oc2ccccc2I)c(C(F)F)c1. The number of ether oxygens (including phenoxy) is 1. The minimum Gasteiger partial charge on any atom is -0.456 e. The Hall–Kier alpha value is -1.77. The topological polar surface area (TPSA) is 52.4 Å². The Balaban J connectivity index is 2.41. The van der Waals surface area contributed by atoms with Crippen LogP contribution in [0.5, 0.6) is 11.5 Å². The van der Waals surface area contributed by atoms with Crippen LogP contribution in [0.3, 0.4) is 0 Å². The predicted octanol–water partition coefficient (Wildman–Crippen LogP) is 4.93. The van der Waals surface area contributed by atoms with Gasteiger partial charge in [0.2, 0.25) is 0 Å². The number of benzene rings is 2. The van der Waals surface area contributed by atoms with E-state index in [9.17, 15) is 18.9 Å². The van der Waals surface area contributed by atoms with Crippen molar-refractivity contribution < 1.29 is 18.4 Å². The fourth-order valence-electron chi connectivity index (χ4n) is 1.56. The number of hydrogen-bond acceptors (Lipinski definition) is 3. The third-order valence-corrected chi connectivity index (χ3v) is 3.39. The van der Waals surface area contributed by atoms with Crippen molar-refractivity contribution in [2.45, 2.75) is 6.43 Å². The number of rotatable bonds is 4. The van der Waals surface area contributed by atoms with Gasteiger partial charge in [-0.1, -0.05) is 12.1 Å². The Morgan fingerprint density at radius 2 is 1.85 bits per heavy atom. The maximum atomic E-state index is 13.0. The Morgan fingerprint density at radius 1 is 1.15 bits per heavy atom. The number of non-ortho nitro benzene ring substituents is 1. The molecule has 104 valence electrons. The molecular weight excluding hydrogens is 383 g/mol. The number of alkyl halides is 2. The van der Waals surface area contributed by atoms with Crippen molar-refractivity contribution in [3.05, 3.63) is 61.7 Å². The van der Waals surface area contributed by atoms with Gasteiger partial charge in [-0.2, -0.15) is 0 Å². The smallest absolute Gasteiger partial charge is 0.270 e. The molecule has 0 aliphatic rings. The quantitative estimate of drug-likeness (QED) is 0.422. The maximum Gasteiger partial charge on any atom is 0.270 e. The van der Waals surface area contributed by atoms with Gasteiger partial charge in [0.1, 0.15) is 11.5 Å². The number of hydrogen-bond donors (Lipinski definition) is 0. The lowest BCUT2D eigenvalue weighted by Gasteiger charge is -2.11. The van der Waals surface area contributed by atoms with Crippen LogP contribution in [-0.4, -0.2) is 4.92 Å². The van der Waals surface area contributed by atoms with E-state index in [1.165, 1.54) is 6.07 Å². The summed E-state index contributed by atoms with van der Waals surface area (Å²) in [5, 5.41) is 10.6. The minimum absolute atomic E-state index is 0.0882. The summed E-state index contributed by atoms with van der Waals surface area (Å²) in [7, 11) is 0. The number of nitrogens with zero attached hydrogens (tertiary/aromatic N) is 1. The van der Waals surface area contributed by atoms with Gasteiger partial charge in [0.25, 0.3) is 12.1 Å². The van der Waals surface area contributed by atoms with E-state index in [2.05, 4.69) is 0 Å². The van der Waals surface area contributed by atoms with E-state index in [1.807, 2.05) is 22.6 Å². The highest BCUT2D eigenvalue weighted by molar-refractivity contribution is 14.1. The molecule has 0 radical (unpaired) electrons. The van der Waals surface area contributed by atoms with Gasteiger partial charge in [-0.25, -0.2) is 8.78 Å². The van der Waals surface area contributed by atoms with Crippen molar-refractivity contribution in [3.63, 3.8) is 0 Å². The van der Waals surface area contributed by atoms with E-state index in [1.54, 1.807) is 24.3 Å². The van der Waals surface area contributed by atoms with Gasteiger partial charge >= 0.3 is 0 Å². The summed E-state index contributed by atoms with van der Waals surface area (Å²) < 4.78 is 32.1. The monoisotopic (exact) mass is 391 g/mol. The van der Waals surface area contributed by atoms with E-state index in [-0.39, 0.29) is 5.75 Å². The molecule has 0 amide bonds. The first kappa shape index (κ1) is 14.6. The first-order chi connectivity index (χ1) is 9.49. The van der Waals surface area contributed by atoms with Gasteiger partial charge < -0.3 is 4.74 Å². The normalized spacial score (nSPS) is 10.6. The van der Waals surface area contributed by atoms with Crippen LogP contribution in [0.15, 0.2) is 42.5 Å². The standard InChI is InChI=1S/C13H8F2INO3/c14-13(15)9-7-8(17(18)19)5-6-11(9)20-12-4-2-1-3-10(12)16/h1-7,13H. The molecule has 0 fully saturated rings. The molecule has 0 aromatic heterocycles. The molecule has 0 aliphatic carbocycles. The molecule has 7 heteroatoms. The second-order valence-corrected chi connectivity index (χ2v) is 4.97. The largest absolute Gasteiger partial charge is 0.456 e. The van der Waals surface area contributed by atoms with Crippen LogP contribution < -0.4 is 4.74 Å². The van der Waals surface area contributed by atoms with Crippen LogP contribution in [0.1, 0.15) is 12.0 Å². The van der Waals surface area contributed by atoms with Gasteiger partial charge in [0.15, 0.2) is 0 Å². The highest BCUT2D eigenvalue weighted by atomic mass is 127. The van der Waals surface area contributed by atoms with E-state index in [0.29, 0.717) is 5.75 Å². The fourth-order valence-corrected chi connectivity index (χ4v) is 2.06. The molecule has 0 saturated heterocycles. The van der Waals surface area contributed by atoms with E-state index < -0.39 is 22.6 Å². The number of nitro benzene ring substituents is 1. The Kier molecular flexibility index (Phi) is 4.48. The molecule has 0 N–H and O–H groups in total. The van der Waals surface area contributed by atoms with Gasteiger partial charge in [-0.15, -0.1) is 0 Å². The van der Waals surface area contributed by atoms with Crippen LogP contribution in [0, 0.1) is 13.7 Å². The molecule has 0 atom stereocenters. The molecule has 0 spiro atoms. The summed E-state index contributed by atoms with van der Waals surface area (Å²) in [5.74, 6) is 0.332. The maximum absolute atomic E-state index is 13.0. The Morgan fingerprint density at radius 3 is 2.45 bits per heavy atom. The summed E-state index contributed by atoms with van der Waals surface area (Å²) in [4.78, 5) is 9.90. The van der Waals surface area contributed by atoms with E-state index in [0.717, 1.165) is 15.7 Å². The van der Waals surface area contributed by atoms with Crippen molar-refractivity contribution in [2.75, 3.05) is 0 Å². The lowest BCUT2D eigenvalue weighted by Crippen LogP contribution is -1.96.